The van der Waals surface area contributed by atoms with Crippen LogP contribution in [0.1, 0.15) is 0 Å². The van der Waals surface area contributed by atoms with Gasteiger partial charge in [0.1, 0.15) is 5.52 Å². The molecular formula is C55H36N2O. The van der Waals surface area contributed by atoms with Gasteiger partial charge < -0.3 is 9.32 Å². The van der Waals surface area contributed by atoms with Gasteiger partial charge in [0.05, 0.1) is 5.69 Å². The average molecular weight is 741 g/mol. The number of hydrogen-bond acceptors (Lipinski definition) is 3. The first-order chi connectivity index (χ1) is 28.7. The predicted molar refractivity (Wildman–Crippen MR) is 243 cm³/mol. The number of aromatic nitrogens is 1. The maximum atomic E-state index is 6.33. The minimum Gasteiger partial charge on any atom is -0.435 e. The topological polar surface area (TPSA) is 29.3 Å². The van der Waals surface area contributed by atoms with Gasteiger partial charge in [-0.25, -0.2) is 4.98 Å². The maximum Gasteiger partial charge on any atom is 0.227 e. The number of hydrogen-bond donors (Lipinski definition) is 0. The molecule has 0 saturated heterocycles. The lowest BCUT2D eigenvalue weighted by Crippen LogP contribution is -2.11. The molecule has 0 aliphatic rings. The number of rotatable bonds is 7. The van der Waals surface area contributed by atoms with Gasteiger partial charge in [0.15, 0.2) is 5.58 Å². The number of para-hydroxylation sites is 1. The Labute approximate surface area is 336 Å². The van der Waals surface area contributed by atoms with E-state index in [1.807, 2.05) is 30.3 Å². The third-order valence-electron chi connectivity index (χ3n) is 11.3. The molecule has 3 heteroatoms. The van der Waals surface area contributed by atoms with Crippen LogP contribution < -0.4 is 4.90 Å². The normalized spacial score (nSPS) is 11.4. The van der Waals surface area contributed by atoms with Gasteiger partial charge in [0.2, 0.25) is 5.89 Å². The summed E-state index contributed by atoms with van der Waals surface area (Å²) in [4.78, 5) is 7.16. The van der Waals surface area contributed by atoms with E-state index in [2.05, 4.69) is 193 Å². The number of fused-ring (bicyclic) bond motifs is 6. The fraction of sp³-hybridized carbons (Fsp3) is 0. The first-order valence-corrected chi connectivity index (χ1v) is 19.7. The van der Waals surface area contributed by atoms with Crippen molar-refractivity contribution in [2.75, 3.05) is 4.90 Å². The highest BCUT2D eigenvalue weighted by molar-refractivity contribution is 6.14. The van der Waals surface area contributed by atoms with Crippen molar-refractivity contribution in [3.05, 3.63) is 218 Å². The summed E-state index contributed by atoms with van der Waals surface area (Å²) in [6, 6.07) is 77.9. The summed E-state index contributed by atoms with van der Waals surface area (Å²) in [5, 5.41) is 7.21. The molecule has 0 bridgehead atoms. The molecule has 3 nitrogen and oxygen atoms in total. The summed E-state index contributed by atoms with van der Waals surface area (Å²) in [6.45, 7) is 0. The van der Waals surface area contributed by atoms with Crippen molar-refractivity contribution in [2.24, 2.45) is 0 Å². The van der Waals surface area contributed by atoms with E-state index in [4.69, 9.17) is 9.40 Å². The molecule has 0 aliphatic heterocycles. The number of benzene rings is 10. The van der Waals surface area contributed by atoms with E-state index >= 15 is 0 Å². The minimum absolute atomic E-state index is 0.637. The van der Waals surface area contributed by atoms with Crippen LogP contribution in [0.2, 0.25) is 0 Å². The largest absolute Gasteiger partial charge is 0.435 e. The summed E-state index contributed by atoms with van der Waals surface area (Å²) in [5.74, 6) is 0.637. The second-order valence-corrected chi connectivity index (χ2v) is 14.7. The lowest BCUT2D eigenvalue weighted by Gasteiger charge is -2.28. The molecular weight excluding hydrogens is 705 g/mol. The van der Waals surface area contributed by atoms with E-state index in [0.717, 1.165) is 55.6 Å². The van der Waals surface area contributed by atoms with Crippen molar-refractivity contribution in [1.29, 1.82) is 0 Å². The Morgan fingerprint density at radius 2 is 0.914 bits per heavy atom. The molecule has 272 valence electrons. The predicted octanol–water partition coefficient (Wildman–Crippen LogP) is 15.4. The Balaban J connectivity index is 0.989. The molecule has 10 aromatic carbocycles. The van der Waals surface area contributed by atoms with Crippen molar-refractivity contribution in [1.82, 2.24) is 4.98 Å². The zero-order chi connectivity index (χ0) is 38.4. The molecule has 11 aromatic rings. The molecule has 0 atom stereocenters. The highest BCUT2D eigenvalue weighted by Crippen LogP contribution is 2.43. The number of anilines is 3. The van der Waals surface area contributed by atoms with E-state index in [0.29, 0.717) is 5.89 Å². The summed E-state index contributed by atoms with van der Waals surface area (Å²) < 4.78 is 6.33. The van der Waals surface area contributed by atoms with Crippen LogP contribution in [0.4, 0.5) is 17.1 Å². The van der Waals surface area contributed by atoms with Crippen molar-refractivity contribution < 1.29 is 4.42 Å². The molecule has 0 saturated carbocycles. The lowest BCUT2D eigenvalue weighted by atomic mass is 9.93. The van der Waals surface area contributed by atoms with Gasteiger partial charge in [-0.15, -0.1) is 0 Å². The van der Waals surface area contributed by atoms with Gasteiger partial charge in [-0.1, -0.05) is 152 Å². The van der Waals surface area contributed by atoms with Gasteiger partial charge in [-0.05, 0) is 121 Å². The summed E-state index contributed by atoms with van der Waals surface area (Å²) in [5.41, 5.74) is 13.0. The minimum atomic E-state index is 0.637. The Kier molecular flexibility index (Phi) is 8.15. The Hall–Kier alpha value is -7.75. The van der Waals surface area contributed by atoms with E-state index in [1.165, 1.54) is 43.8 Å². The molecule has 0 aliphatic carbocycles. The van der Waals surface area contributed by atoms with E-state index in [-0.39, 0.29) is 0 Å². The molecule has 0 amide bonds. The molecule has 0 radical (unpaired) electrons. The van der Waals surface area contributed by atoms with Crippen LogP contribution >= 0.6 is 0 Å². The quantitative estimate of drug-likeness (QED) is 0.152. The summed E-state index contributed by atoms with van der Waals surface area (Å²) in [7, 11) is 0. The van der Waals surface area contributed by atoms with Gasteiger partial charge >= 0.3 is 0 Å². The molecule has 0 fully saturated rings. The third kappa shape index (κ3) is 5.89. The van der Waals surface area contributed by atoms with Crippen LogP contribution in [-0.4, -0.2) is 4.98 Å². The monoisotopic (exact) mass is 740 g/mol. The smallest absolute Gasteiger partial charge is 0.227 e. The average Bonchev–Trinajstić information content (AvgIpc) is 3.75. The van der Waals surface area contributed by atoms with Crippen molar-refractivity contribution in [3.63, 3.8) is 0 Å². The molecule has 0 spiro atoms. The standard InChI is InChI=1S/C55H36N2O/c1-3-13-38(14-4-1)47-19-11-12-22-53(47)57(45-31-25-39(26-32-45)51-36-42-17-7-8-18-46(42)49-20-9-10-21-50(49)51)44-29-23-37(24-30-44)41-27-33-48-43(35-41)28-34-52-54(48)58-55(56-52)40-15-5-2-6-16-40/h1-36H. The Morgan fingerprint density at radius 3 is 1.67 bits per heavy atom. The maximum absolute atomic E-state index is 6.33. The number of nitrogens with zero attached hydrogens (tertiary/aromatic N) is 2. The molecule has 11 rings (SSSR count). The summed E-state index contributed by atoms with van der Waals surface area (Å²) in [6.07, 6.45) is 0. The van der Waals surface area contributed by atoms with E-state index in [9.17, 15) is 0 Å². The number of oxazole rings is 1. The third-order valence-corrected chi connectivity index (χ3v) is 11.3. The van der Waals surface area contributed by atoms with Gasteiger partial charge in [-0.2, -0.15) is 0 Å². The van der Waals surface area contributed by atoms with Crippen LogP contribution in [0, 0.1) is 0 Å². The zero-order valence-corrected chi connectivity index (χ0v) is 31.6. The molecule has 1 heterocycles. The van der Waals surface area contributed by atoms with E-state index < -0.39 is 0 Å². The molecule has 0 N–H and O–H groups in total. The zero-order valence-electron chi connectivity index (χ0n) is 31.6. The second-order valence-electron chi connectivity index (χ2n) is 14.7. The first kappa shape index (κ1) is 33.6. The molecule has 58 heavy (non-hydrogen) atoms. The SMILES string of the molecule is c1ccc(-c2nc3ccc4cc(-c5ccc(N(c6ccc(-c7cc8ccccc8c8ccccc78)cc6)c6ccccc6-c6ccccc6)cc5)ccc4c3o2)cc1. The van der Waals surface area contributed by atoms with Crippen LogP contribution in [0.3, 0.4) is 0 Å². The van der Waals surface area contributed by atoms with Crippen LogP contribution in [0.5, 0.6) is 0 Å². The fourth-order valence-corrected chi connectivity index (χ4v) is 8.44. The molecule has 1 aromatic heterocycles. The van der Waals surface area contributed by atoms with Gasteiger partial charge in [-0.3, -0.25) is 0 Å². The van der Waals surface area contributed by atoms with Crippen molar-refractivity contribution in [2.45, 2.75) is 0 Å². The second kappa shape index (κ2) is 14.1. The molecule has 0 unspecified atom stereocenters. The van der Waals surface area contributed by atoms with Crippen LogP contribution in [0.15, 0.2) is 223 Å². The van der Waals surface area contributed by atoms with Gasteiger partial charge in [0, 0.05) is 27.9 Å². The Bertz CT molecular complexity index is 3260. The highest BCUT2D eigenvalue weighted by atomic mass is 16.3. The lowest BCUT2D eigenvalue weighted by molar-refractivity contribution is 0.623. The van der Waals surface area contributed by atoms with Crippen LogP contribution in [-0.2, 0) is 0 Å². The highest BCUT2D eigenvalue weighted by Gasteiger charge is 2.19. The van der Waals surface area contributed by atoms with Gasteiger partial charge in [0.25, 0.3) is 0 Å². The summed E-state index contributed by atoms with van der Waals surface area (Å²) >= 11 is 0. The first-order valence-electron chi connectivity index (χ1n) is 19.7. The van der Waals surface area contributed by atoms with E-state index in [1.54, 1.807) is 0 Å². The van der Waals surface area contributed by atoms with Crippen LogP contribution in [0.25, 0.3) is 88.3 Å². The van der Waals surface area contributed by atoms with Crippen molar-refractivity contribution >= 4 is 60.5 Å². The Morgan fingerprint density at radius 1 is 0.345 bits per heavy atom. The fourth-order valence-electron chi connectivity index (χ4n) is 8.44. The van der Waals surface area contributed by atoms with Crippen molar-refractivity contribution in [3.8, 4) is 44.8 Å².